The van der Waals surface area contributed by atoms with E-state index in [9.17, 15) is 5.11 Å². The van der Waals surface area contributed by atoms with E-state index >= 15 is 0 Å². The van der Waals surface area contributed by atoms with Gasteiger partial charge in [-0.05, 0) is 38.7 Å². The average Bonchev–Trinajstić information content (AvgIpc) is 2.33. The summed E-state index contributed by atoms with van der Waals surface area (Å²) in [7, 11) is 0. The van der Waals surface area contributed by atoms with Crippen LogP contribution in [0.15, 0.2) is 12.3 Å². The standard InChI is InChI=1S/C14H22N2O/c1-10-5-4-6-16(12(10)3)14-7-11(2)15-8-13(14)9-17/h7-8,10,12,17H,4-6,9H2,1-3H3. The van der Waals surface area contributed by atoms with Crippen molar-refractivity contribution in [3.63, 3.8) is 0 Å². The summed E-state index contributed by atoms with van der Waals surface area (Å²) >= 11 is 0. The Morgan fingerprint density at radius 1 is 1.47 bits per heavy atom. The maximum Gasteiger partial charge on any atom is 0.0717 e. The summed E-state index contributed by atoms with van der Waals surface area (Å²) in [6, 6.07) is 2.64. The van der Waals surface area contributed by atoms with Crippen LogP contribution in [0.1, 0.15) is 37.9 Å². The Bertz CT molecular complexity index is 392. The van der Waals surface area contributed by atoms with Crippen molar-refractivity contribution < 1.29 is 5.11 Å². The number of piperidine rings is 1. The van der Waals surface area contributed by atoms with Crippen molar-refractivity contribution >= 4 is 5.69 Å². The van der Waals surface area contributed by atoms with Crippen molar-refractivity contribution in [1.82, 2.24) is 4.98 Å². The zero-order valence-electron chi connectivity index (χ0n) is 11.0. The molecule has 17 heavy (non-hydrogen) atoms. The molecule has 0 saturated carbocycles. The number of aromatic nitrogens is 1. The van der Waals surface area contributed by atoms with E-state index in [1.54, 1.807) is 6.20 Å². The molecule has 0 spiro atoms. The predicted octanol–water partition coefficient (Wildman–Crippen LogP) is 2.51. The minimum absolute atomic E-state index is 0.0697. The molecule has 1 fully saturated rings. The van der Waals surface area contributed by atoms with E-state index in [0.717, 1.165) is 17.8 Å². The van der Waals surface area contributed by atoms with Crippen molar-refractivity contribution in [1.29, 1.82) is 0 Å². The summed E-state index contributed by atoms with van der Waals surface area (Å²) in [5.74, 6) is 0.712. The fourth-order valence-corrected chi connectivity index (χ4v) is 2.64. The second-order valence-corrected chi connectivity index (χ2v) is 5.17. The van der Waals surface area contributed by atoms with Crippen LogP contribution in [-0.4, -0.2) is 22.7 Å². The molecule has 1 saturated heterocycles. The second kappa shape index (κ2) is 5.05. The van der Waals surface area contributed by atoms with Crippen molar-refractivity contribution in [2.75, 3.05) is 11.4 Å². The van der Waals surface area contributed by atoms with Gasteiger partial charge in [-0.15, -0.1) is 0 Å². The maximum atomic E-state index is 9.43. The third kappa shape index (κ3) is 2.44. The van der Waals surface area contributed by atoms with Gasteiger partial charge in [-0.2, -0.15) is 0 Å². The van der Waals surface area contributed by atoms with Crippen molar-refractivity contribution in [3.8, 4) is 0 Å². The number of aliphatic hydroxyl groups is 1. The molecule has 2 unspecified atom stereocenters. The molecule has 1 aliphatic heterocycles. The number of pyridine rings is 1. The molecule has 2 heterocycles. The lowest BCUT2D eigenvalue weighted by Gasteiger charge is -2.40. The van der Waals surface area contributed by atoms with Gasteiger partial charge in [0, 0.05) is 35.7 Å². The van der Waals surface area contributed by atoms with Crippen molar-refractivity contribution in [3.05, 3.63) is 23.5 Å². The molecular weight excluding hydrogens is 212 g/mol. The lowest BCUT2D eigenvalue weighted by Crippen LogP contribution is -2.43. The first kappa shape index (κ1) is 12.4. The van der Waals surface area contributed by atoms with Crippen molar-refractivity contribution in [2.24, 2.45) is 5.92 Å². The Morgan fingerprint density at radius 2 is 2.24 bits per heavy atom. The summed E-state index contributed by atoms with van der Waals surface area (Å²) in [5.41, 5.74) is 3.12. The Kier molecular flexibility index (Phi) is 3.67. The van der Waals surface area contributed by atoms with Gasteiger partial charge in [0.1, 0.15) is 0 Å². The summed E-state index contributed by atoms with van der Waals surface area (Å²) < 4.78 is 0. The van der Waals surface area contributed by atoms with Gasteiger partial charge in [-0.25, -0.2) is 0 Å². The van der Waals surface area contributed by atoms with Crippen LogP contribution in [0.3, 0.4) is 0 Å². The second-order valence-electron chi connectivity index (χ2n) is 5.17. The van der Waals surface area contributed by atoms with Gasteiger partial charge < -0.3 is 10.0 Å². The van der Waals surface area contributed by atoms with E-state index in [1.165, 1.54) is 18.5 Å². The van der Waals surface area contributed by atoms with Crippen molar-refractivity contribution in [2.45, 2.75) is 46.3 Å². The minimum Gasteiger partial charge on any atom is -0.392 e. The largest absolute Gasteiger partial charge is 0.392 e. The van der Waals surface area contributed by atoms with Crippen LogP contribution in [0.4, 0.5) is 5.69 Å². The first-order chi connectivity index (χ1) is 8.13. The third-order valence-electron chi connectivity index (χ3n) is 3.95. The lowest BCUT2D eigenvalue weighted by atomic mass is 9.91. The Morgan fingerprint density at radius 3 is 2.94 bits per heavy atom. The van der Waals surface area contributed by atoms with Gasteiger partial charge in [-0.3, -0.25) is 4.98 Å². The normalized spacial score (nSPS) is 25.1. The number of aryl methyl sites for hydroxylation is 1. The van der Waals surface area contributed by atoms with Crippen LogP contribution in [0.2, 0.25) is 0 Å². The summed E-state index contributed by atoms with van der Waals surface area (Å²) in [5, 5.41) is 9.43. The number of aliphatic hydroxyl groups excluding tert-OH is 1. The van der Waals surface area contributed by atoms with E-state index < -0.39 is 0 Å². The van der Waals surface area contributed by atoms with Gasteiger partial charge in [0.15, 0.2) is 0 Å². The molecule has 1 aliphatic rings. The molecule has 0 aliphatic carbocycles. The van der Waals surface area contributed by atoms with Crippen LogP contribution in [0.5, 0.6) is 0 Å². The van der Waals surface area contributed by atoms with Crippen LogP contribution < -0.4 is 4.90 Å². The van der Waals surface area contributed by atoms with E-state index in [1.807, 2.05) is 6.92 Å². The molecular formula is C14H22N2O. The zero-order chi connectivity index (χ0) is 12.4. The molecule has 3 nitrogen and oxygen atoms in total. The van der Waals surface area contributed by atoms with E-state index in [4.69, 9.17) is 0 Å². The quantitative estimate of drug-likeness (QED) is 0.854. The lowest BCUT2D eigenvalue weighted by molar-refractivity contribution is 0.280. The van der Waals surface area contributed by atoms with Crippen LogP contribution in [-0.2, 0) is 6.61 Å². The maximum absolute atomic E-state index is 9.43. The molecule has 2 atom stereocenters. The highest BCUT2D eigenvalue weighted by atomic mass is 16.3. The fourth-order valence-electron chi connectivity index (χ4n) is 2.64. The Hall–Kier alpha value is -1.09. The molecule has 1 aromatic rings. The van der Waals surface area contributed by atoms with E-state index in [-0.39, 0.29) is 6.61 Å². The molecule has 0 amide bonds. The van der Waals surface area contributed by atoms with Gasteiger partial charge in [0.05, 0.1) is 6.61 Å². The Labute approximate surface area is 103 Å². The molecule has 2 rings (SSSR count). The van der Waals surface area contributed by atoms with Gasteiger partial charge in [-0.1, -0.05) is 6.92 Å². The molecule has 0 radical (unpaired) electrons. The summed E-state index contributed by atoms with van der Waals surface area (Å²) in [6.07, 6.45) is 4.34. The number of nitrogens with zero attached hydrogens (tertiary/aromatic N) is 2. The van der Waals surface area contributed by atoms with E-state index in [0.29, 0.717) is 12.0 Å². The average molecular weight is 234 g/mol. The molecule has 3 heteroatoms. The van der Waals surface area contributed by atoms with Crippen LogP contribution in [0.25, 0.3) is 0 Å². The van der Waals surface area contributed by atoms with Gasteiger partial charge in [0.2, 0.25) is 0 Å². The molecule has 0 bridgehead atoms. The number of hydrogen-bond acceptors (Lipinski definition) is 3. The predicted molar refractivity (Wildman–Crippen MR) is 70.1 cm³/mol. The monoisotopic (exact) mass is 234 g/mol. The van der Waals surface area contributed by atoms with Crippen LogP contribution in [0, 0.1) is 12.8 Å². The van der Waals surface area contributed by atoms with E-state index in [2.05, 4.69) is 29.8 Å². The first-order valence-corrected chi connectivity index (χ1v) is 6.46. The SMILES string of the molecule is Cc1cc(N2CCCC(C)C2C)c(CO)cn1. The topological polar surface area (TPSA) is 36.4 Å². The highest BCUT2D eigenvalue weighted by Gasteiger charge is 2.26. The highest BCUT2D eigenvalue weighted by Crippen LogP contribution is 2.30. The summed E-state index contributed by atoms with van der Waals surface area (Å²) in [4.78, 5) is 6.69. The third-order valence-corrected chi connectivity index (χ3v) is 3.95. The number of rotatable bonds is 2. The smallest absolute Gasteiger partial charge is 0.0717 e. The first-order valence-electron chi connectivity index (χ1n) is 6.46. The van der Waals surface area contributed by atoms with Gasteiger partial charge >= 0.3 is 0 Å². The molecule has 0 aromatic carbocycles. The van der Waals surface area contributed by atoms with Gasteiger partial charge in [0.25, 0.3) is 0 Å². The molecule has 94 valence electrons. The number of hydrogen-bond donors (Lipinski definition) is 1. The van der Waals surface area contributed by atoms with Crippen LogP contribution >= 0.6 is 0 Å². The Balaban J connectivity index is 2.34. The molecule has 1 N–H and O–H groups in total. The number of anilines is 1. The summed E-state index contributed by atoms with van der Waals surface area (Å²) in [6.45, 7) is 7.75. The fraction of sp³-hybridized carbons (Fsp3) is 0.643. The molecule has 1 aromatic heterocycles. The zero-order valence-corrected chi connectivity index (χ0v) is 11.0. The minimum atomic E-state index is 0.0697. The highest BCUT2D eigenvalue weighted by molar-refractivity contribution is 5.54.